The zero-order valence-electron chi connectivity index (χ0n) is 15.6. The molecule has 0 aromatic heterocycles. The molecule has 0 bridgehead atoms. The lowest BCUT2D eigenvalue weighted by molar-refractivity contribution is 0.0955. The normalized spacial score (nSPS) is 18.7. The lowest BCUT2D eigenvalue weighted by Gasteiger charge is -2.45. The van der Waals surface area contributed by atoms with E-state index in [1.807, 2.05) is 24.3 Å². The second-order valence-electron chi connectivity index (χ2n) is 7.50. The fraction of sp³-hybridized carbons (Fsp3) is 0.333. The molecule has 136 valence electrons. The molecule has 1 heterocycles. The number of rotatable bonds is 3. The third-order valence-corrected chi connectivity index (χ3v) is 5.80. The average Bonchev–Trinajstić information content (AvgIpc) is 2.59. The molecular formula is C21H24IN3O. The first-order valence-corrected chi connectivity index (χ1v) is 9.82. The van der Waals surface area contributed by atoms with E-state index in [9.17, 15) is 4.79 Å². The van der Waals surface area contributed by atoms with Gasteiger partial charge in [0.1, 0.15) is 0 Å². The summed E-state index contributed by atoms with van der Waals surface area (Å²) in [7, 11) is 2.15. The Morgan fingerprint density at radius 3 is 2.81 bits per heavy atom. The number of amides is 1. The predicted molar refractivity (Wildman–Crippen MR) is 116 cm³/mol. The van der Waals surface area contributed by atoms with E-state index in [1.54, 1.807) is 12.3 Å². The van der Waals surface area contributed by atoms with Gasteiger partial charge in [-0.05, 0) is 90.2 Å². The molecule has 2 aromatic carbocycles. The second kappa shape index (κ2) is 7.39. The van der Waals surface area contributed by atoms with E-state index in [0.717, 1.165) is 15.6 Å². The summed E-state index contributed by atoms with van der Waals surface area (Å²) in [6.45, 7) is 6.83. The highest BCUT2D eigenvalue weighted by molar-refractivity contribution is 14.1. The molecule has 0 saturated carbocycles. The number of nitrogens with one attached hydrogen (secondary N) is 1. The van der Waals surface area contributed by atoms with Crippen molar-refractivity contribution in [3.63, 3.8) is 0 Å². The minimum Gasteiger partial charge on any atom is -0.369 e. The zero-order valence-corrected chi connectivity index (χ0v) is 17.7. The molecule has 1 N–H and O–H groups in total. The van der Waals surface area contributed by atoms with Crippen molar-refractivity contribution < 1.29 is 4.79 Å². The van der Waals surface area contributed by atoms with Crippen LogP contribution in [0, 0.1) is 3.57 Å². The second-order valence-corrected chi connectivity index (χ2v) is 8.75. The predicted octanol–water partition coefficient (Wildman–Crippen LogP) is 4.78. The molecule has 0 aliphatic carbocycles. The smallest absolute Gasteiger partial charge is 0.271 e. The number of benzene rings is 2. The first-order valence-electron chi connectivity index (χ1n) is 8.75. The van der Waals surface area contributed by atoms with Crippen molar-refractivity contribution in [1.29, 1.82) is 0 Å². The number of carbonyl (C=O) groups excluding carboxylic acids is 1. The Hall–Kier alpha value is -1.89. The van der Waals surface area contributed by atoms with Crippen molar-refractivity contribution in [1.82, 2.24) is 5.43 Å². The van der Waals surface area contributed by atoms with E-state index in [4.69, 9.17) is 0 Å². The quantitative estimate of drug-likeness (QED) is 0.407. The topological polar surface area (TPSA) is 44.7 Å². The van der Waals surface area contributed by atoms with E-state index in [0.29, 0.717) is 11.5 Å². The van der Waals surface area contributed by atoms with Gasteiger partial charge in [-0.15, -0.1) is 0 Å². The van der Waals surface area contributed by atoms with Gasteiger partial charge in [-0.3, -0.25) is 4.79 Å². The van der Waals surface area contributed by atoms with Crippen LogP contribution >= 0.6 is 22.6 Å². The zero-order chi connectivity index (χ0) is 18.9. The number of halogens is 1. The molecule has 1 aliphatic heterocycles. The molecule has 3 rings (SSSR count). The van der Waals surface area contributed by atoms with Crippen LogP contribution in [0.3, 0.4) is 0 Å². The molecule has 2 aromatic rings. The minimum atomic E-state index is -0.201. The number of hydrogen-bond acceptors (Lipinski definition) is 3. The van der Waals surface area contributed by atoms with Gasteiger partial charge < -0.3 is 4.90 Å². The molecule has 0 spiro atoms. The lowest BCUT2D eigenvalue weighted by Crippen LogP contribution is -2.45. The Kier molecular flexibility index (Phi) is 5.37. The highest BCUT2D eigenvalue weighted by Crippen LogP contribution is 2.42. The van der Waals surface area contributed by atoms with Gasteiger partial charge in [0, 0.05) is 27.4 Å². The number of hydrogen-bond donors (Lipinski definition) is 1. The van der Waals surface area contributed by atoms with Crippen molar-refractivity contribution in [3.05, 3.63) is 62.7 Å². The van der Waals surface area contributed by atoms with E-state index < -0.39 is 0 Å². The van der Waals surface area contributed by atoms with Gasteiger partial charge >= 0.3 is 0 Å². The minimum absolute atomic E-state index is 0.156. The van der Waals surface area contributed by atoms with Crippen LogP contribution < -0.4 is 10.3 Å². The maximum atomic E-state index is 12.2. The Bertz CT molecular complexity index is 860. The standard InChI is InChI=1S/C21H24IN3O/c1-14-12-21(2,3)25(4)19-9-8-15(10-18(14)19)13-23-24-20(26)16-6-5-7-17(22)11-16/h5-11,13-14H,12H2,1-4H3,(H,24,26)/b23-13+. The Labute approximate surface area is 168 Å². The number of fused-ring (bicyclic) bond motifs is 1. The summed E-state index contributed by atoms with van der Waals surface area (Å²) in [5.41, 5.74) is 6.97. The molecular weight excluding hydrogens is 437 g/mol. The van der Waals surface area contributed by atoms with Crippen molar-refractivity contribution in [2.24, 2.45) is 5.10 Å². The first-order chi connectivity index (χ1) is 12.3. The van der Waals surface area contributed by atoms with Crippen LogP contribution in [0.1, 0.15) is 54.6 Å². The highest BCUT2D eigenvalue weighted by Gasteiger charge is 2.33. The third-order valence-electron chi connectivity index (χ3n) is 5.12. The molecule has 1 unspecified atom stereocenters. The summed E-state index contributed by atoms with van der Waals surface area (Å²) in [5.74, 6) is 0.290. The monoisotopic (exact) mass is 461 g/mol. The van der Waals surface area contributed by atoms with Crippen LogP contribution in [0.4, 0.5) is 5.69 Å². The molecule has 26 heavy (non-hydrogen) atoms. The summed E-state index contributed by atoms with van der Waals surface area (Å²) in [6.07, 6.45) is 2.82. The van der Waals surface area contributed by atoms with Gasteiger partial charge in [-0.2, -0.15) is 5.10 Å². The summed E-state index contributed by atoms with van der Waals surface area (Å²) < 4.78 is 1.02. The van der Waals surface area contributed by atoms with Gasteiger partial charge in [-0.25, -0.2) is 5.43 Å². The van der Waals surface area contributed by atoms with Crippen LogP contribution in [0.2, 0.25) is 0 Å². The lowest BCUT2D eigenvalue weighted by atomic mass is 9.80. The molecule has 4 nitrogen and oxygen atoms in total. The van der Waals surface area contributed by atoms with Crippen molar-refractivity contribution >= 4 is 40.4 Å². The summed E-state index contributed by atoms with van der Waals surface area (Å²) in [4.78, 5) is 14.5. The van der Waals surface area contributed by atoms with E-state index in [1.165, 1.54) is 11.3 Å². The SMILES string of the molecule is CC1CC(C)(C)N(C)c2ccc(/C=N/NC(=O)c3cccc(I)c3)cc21. The van der Waals surface area contributed by atoms with E-state index in [2.05, 4.69) is 78.0 Å². The van der Waals surface area contributed by atoms with Crippen molar-refractivity contribution in [2.75, 3.05) is 11.9 Å². The van der Waals surface area contributed by atoms with Gasteiger partial charge in [0.15, 0.2) is 0 Å². The summed E-state index contributed by atoms with van der Waals surface area (Å²) >= 11 is 2.19. The number of anilines is 1. The fourth-order valence-electron chi connectivity index (χ4n) is 3.54. The largest absolute Gasteiger partial charge is 0.369 e. The first kappa shape index (κ1) is 18.9. The number of nitrogens with zero attached hydrogens (tertiary/aromatic N) is 2. The van der Waals surface area contributed by atoms with Crippen LogP contribution in [0.15, 0.2) is 47.6 Å². The average molecular weight is 461 g/mol. The number of carbonyl (C=O) groups is 1. The van der Waals surface area contributed by atoms with Crippen LogP contribution in [0.25, 0.3) is 0 Å². The highest BCUT2D eigenvalue weighted by atomic mass is 127. The molecule has 1 aliphatic rings. The van der Waals surface area contributed by atoms with E-state index >= 15 is 0 Å². The molecule has 5 heteroatoms. The maximum absolute atomic E-state index is 12.2. The molecule has 1 atom stereocenters. The summed E-state index contributed by atoms with van der Waals surface area (Å²) in [5, 5.41) is 4.13. The molecule has 1 amide bonds. The van der Waals surface area contributed by atoms with Crippen LogP contribution in [-0.2, 0) is 0 Å². The van der Waals surface area contributed by atoms with Gasteiger partial charge in [-0.1, -0.05) is 19.1 Å². The Morgan fingerprint density at radius 1 is 1.31 bits per heavy atom. The summed E-state index contributed by atoms with van der Waals surface area (Å²) in [6, 6.07) is 13.8. The van der Waals surface area contributed by atoms with Crippen molar-refractivity contribution in [3.8, 4) is 0 Å². The molecule has 0 fully saturated rings. The fourth-order valence-corrected chi connectivity index (χ4v) is 4.08. The molecule has 0 radical (unpaired) electrons. The van der Waals surface area contributed by atoms with Crippen LogP contribution in [-0.4, -0.2) is 24.7 Å². The van der Waals surface area contributed by atoms with Crippen LogP contribution in [0.5, 0.6) is 0 Å². The van der Waals surface area contributed by atoms with Gasteiger partial charge in [0.05, 0.1) is 6.21 Å². The number of hydrazone groups is 1. The Morgan fingerprint density at radius 2 is 2.08 bits per heavy atom. The molecule has 0 saturated heterocycles. The maximum Gasteiger partial charge on any atom is 0.271 e. The Balaban J connectivity index is 1.74. The third kappa shape index (κ3) is 3.92. The van der Waals surface area contributed by atoms with E-state index in [-0.39, 0.29) is 11.4 Å². The van der Waals surface area contributed by atoms with Gasteiger partial charge in [0.25, 0.3) is 5.91 Å². The van der Waals surface area contributed by atoms with Gasteiger partial charge in [0.2, 0.25) is 0 Å². The van der Waals surface area contributed by atoms with Crippen molar-refractivity contribution in [2.45, 2.75) is 38.6 Å².